The zero-order chi connectivity index (χ0) is 17.3. The Morgan fingerprint density at radius 2 is 1.80 bits per heavy atom. The van der Waals surface area contributed by atoms with Crippen molar-refractivity contribution >= 4 is 28.9 Å². The van der Waals surface area contributed by atoms with Gasteiger partial charge in [0.1, 0.15) is 0 Å². The molecule has 5 heteroatoms. The summed E-state index contributed by atoms with van der Waals surface area (Å²) >= 11 is 6.46. The van der Waals surface area contributed by atoms with Crippen LogP contribution in [0, 0.1) is 0 Å². The maximum atomic E-state index is 12.8. The van der Waals surface area contributed by atoms with Crippen molar-refractivity contribution in [3.8, 4) is 0 Å². The van der Waals surface area contributed by atoms with Crippen molar-refractivity contribution in [3.63, 3.8) is 0 Å². The molecular formula is C20H21ClN2O2. The van der Waals surface area contributed by atoms with E-state index in [9.17, 15) is 4.79 Å². The van der Waals surface area contributed by atoms with Gasteiger partial charge >= 0.3 is 0 Å². The molecular weight excluding hydrogens is 336 g/mol. The lowest BCUT2D eigenvalue weighted by Crippen LogP contribution is -2.36. The quantitative estimate of drug-likeness (QED) is 0.904. The van der Waals surface area contributed by atoms with E-state index < -0.39 is 0 Å². The van der Waals surface area contributed by atoms with E-state index in [0.29, 0.717) is 18.2 Å². The number of benzene rings is 2. The van der Waals surface area contributed by atoms with Crippen molar-refractivity contribution in [2.24, 2.45) is 0 Å². The highest BCUT2D eigenvalue weighted by Crippen LogP contribution is 2.49. The molecule has 0 aromatic heterocycles. The van der Waals surface area contributed by atoms with Crippen LogP contribution >= 0.6 is 11.6 Å². The van der Waals surface area contributed by atoms with E-state index in [-0.39, 0.29) is 11.3 Å². The van der Waals surface area contributed by atoms with E-state index in [2.05, 4.69) is 10.2 Å². The Hall–Kier alpha value is -2.04. The van der Waals surface area contributed by atoms with E-state index in [4.69, 9.17) is 16.3 Å². The average Bonchev–Trinajstić information content (AvgIpc) is 3.45. The minimum absolute atomic E-state index is 0.0499. The SMILES string of the molecule is O=C(Nc1ccc(N2CCOCC2)c(Cl)c1)C1(c2ccccc2)CC1. The standard InChI is InChI=1S/C20H21ClN2O2/c21-17-14-16(6-7-18(17)23-10-12-25-13-11-23)22-19(24)20(8-9-20)15-4-2-1-3-5-15/h1-7,14H,8-13H2,(H,22,24). The molecule has 1 heterocycles. The van der Waals surface area contributed by atoms with Crippen molar-refractivity contribution in [3.05, 3.63) is 59.1 Å². The Morgan fingerprint density at radius 3 is 2.44 bits per heavy atom. The molecule has 1 amide bonds. The zero-order valence-electron chi connectivity index (χ0n) is 14.0. The summed E-state index contributed by atoms with van der Waals surface area (Å²) in [6, 6.07) is 15.7. The minimum atomic E-state index is -0.378. The molecule has 25 heavy (non-hydrogen) atoms. The number of hydrogen-bond donors (Lipinski definition) is 1. The molecule has 2 fully saturated rings. The molecule has 1 aliphatic heterocycles. The van der Waals surface area contributed by atoms with Crippen molar-refractivity contribution < 1.29 is 9.53 Å². The van der Waals surface area contributed by atoms with Crippen LogP contribution in [-0.4, -0.2) is 32.2 Å². The summed E-state index contributed by atoms with van der Waals surface area (Å²) in [6.07, 6.45) is 1.78. The minimum Gasteiger partial charge on any atom is -0.378 e. The highest BCUT2D eigenvalue weighted by Gasteiger charge is 2.51. The van der Waals surface area contributed by atoms with Crippen LogP contribution in [-0.2, 0) is 14.9 Å². The average molecular weight is 357 g/mol. The lowest BCUT2D eigenvalue weighted by molar-refractivity contribution is -0.118. The van der Waals surface area contributed by atoms with Gasteiger partial charge in [0.2, 0.25) is 5.91 Å². The van der Waals surface area contributed by atoms with Crippen LogP contribution in [0.5, 0.6) is 0 Å². The lowest BCUT2D eigenvalue weighted by Gasteiger charge is -2.29. The Bertz CT molecular complexity index is 769. The Balaban J connectivity index is 1.49. The van der Waals surface area contributed by atoms with Crippen molar-refractivity contribution in [1.29, 1.82) is 0 Å². The van der Waals surface area contributed by atoms with Gasteiger partial charge in [0, 0.05) is 18.8 Å². The summed E-state index contributed by atoms with van der Waals surface area (Å²) in [5.41, 5.74) is 2.45. The molecule has 130 valence electrons. The second-order valence-electron chi connectivity index (χ2n) is 6.67. The van der Waals surface area contributed by atoms with E-state index in [1.54, 1.807) is 0 Å². The third-order valence-corrected chi connectivity index (χ3v) is 5.37. The molecule has 1 N–H and O–H groups in total. The number of nitrogens with one attached hydrogen (secondary N) is 1. The van der Waals surface area contributed by atoms with Crippen molar-refractivity contribution in [1.82, 2.24) is 0 Å². The molecule has 1 saturated carbocycles. The van der Waals surface area contributed by atoms with Gasteiger partial charge in [-0.2, -0.15) is 0 Å². The number of carbonyl (C=O) groups excluding carboxylic acids is 1. The summed E-state index contributed by atoms with van der Waals surface area (Å²) in [7, 11) is 0. The Kier molecular flexibility index (Phi) is 4.40. The number of carbonyl (C=O) groups is 1. The second-order valence-corrected chi connectivity index (χ2v) is 7.08. The van der Waals surface area contributed by atoms with Gasteiger partial charge in [-0.15, -0.1) is 0 Å². The maximum Gasteiger partial charge on any atom is 0.235 e. The smallest absolute Gasteiger partial charge is 0.235 e. The lowest BCUT2D eigenvalue weighted by atomic mass is 9.95. The first-order valence-electron chi connectivity index (χ1n) is 8.68. The first-order chi connectivity index (χ1) is 12.2. The van der Waals surface area contributed by atoms with Crippen molar-refractivity contribution in [2.45, 2.75) is 18.3 Å². The van der Waals surface area contributed by atoms with E-state index in [1.165, 1.54) is 0 Å². The number of nitrogens with zero attached hydrogens (tertiary/aromatic N) is 1. The Morgan fingerprint density at radius 1 is 1.08 bits per heavy atom. The topological polar surface area (TPSA) is 41.6 Å². The van der Waals surface area contributed by atoms with E-state index in [1.807, 2.05) is 48.5 Å². The molecule has 0 bridgehead atoms. The molecule has 0 unspecified atom stereocenters. The number of ether oxygens (including phenoxy) is 1. The van der Waals surface area contributed by atoms with Gasteiger partial charge in [-0.1, -0.05) is 41.9 Å². The number of morpholine rings is 1. The molecule has 4 nitrogen and oxygen atoms in total. The van der Waals surface area contributed by atoms with Crippen LogP contribution in [0.15, 0.2) is 48.5 Å². The molecule has 1 aliphatic carbocycles. The van der Waals surface area contributed by atoms with Gasteiger partial charge in [-0.25, -0.2) is 0 Å². The Labute approximate surface area is 152 Å². The van der Waals surface area contributed by atoms with Crippen LogP contribution in [0.4, 0.5) is 11.4 Å². The van der Waals surface area contributed by atoms with Gasteiger partial charge in [-0.05, 0) is 36.6 Å². The van der Waals surface area contributed by atoms with Crippen LogP contribution in [0.1, 0.15) is 18.4 Å². The summed E-state index contributed by atoms with van der Waals surface area (Å²) < 4.78 is 5.38. The number of anilines is 2. The molecule has 4 rings (SSSR count). The highest BCUT2D eigenvalue weighted by molar-refractivity contribution is 6.33. The van der Waals surface area contributed by atoms with Gasteiger partial charge in [0.05, 0.1) is 29.3 Å². The number of hydrogen-bond acceptors (Lipinski definition) is 3. The number of halogens is 1. The van der Waals surface area contributed by atoms with E-state index in [0.717, 1.165) is 42.9 Å². The summed E-state index contributed by atoms with van der Waals surface area (Å²) in [5.74, 6) is 0.0499. The third-order valence-electron chi connectivity index (χ3n) is 5.07. The second kappa shape index (κ2) is 6.70. The monoisotopic (exact) mass is 356 g/mol. The molecule has 2 aromatic rings. The van der Waals surface area contributed by atoms with Crippen molar-refractivity contribution in [2.75, 3.05) is 36.5 Å². The fraction of sp³-hybridized carbons (Fsp3) is 0.350. The normalized spacial score (nSPS) is 18.7. The molecule has 2 aliphatic rings. The largest absolute Gasteiger partial charge is 0.378 e. The molecule has 0 radical (unpaired) electrons. The van der Waals surface area contributed by atoms with Crippen LogP contribution in [0.25, 0.3) is 0 Å². The first-order valence-corrected chi connectivity index (χ1v) is 9.06. The molecule has 1 saturated heterocycles. The van der Waals surface area contributed by atoms with Gasteiger partial charge in [-0.3, -0.25) is 4.79 Å². The summed E-state index contributed by atoms with van der Waals surface area (Å²) in [6.45, 7) is 3.11. The summed E-state index contributed by atoms with van der Waals surface area (Å²) in [4.78, 5) is 15.0. The zero-order valence-corrected chi connectivity index (χ0v) is 14.8. The van der Waals surface area contributed by atoms with Crippen LogP contribution in [0.2, 0.25) is 5.02 Å². The maximum absolute atomic E-state index is 12.8. The van der Waals surface area contributed by atoms with Crippen LogP contribution < -0.4 is 10.2 Å². The van der Waals surface area contributed by atoms with E-state index >= 15 is 0 Å². The number of rotatable bonds is 4. The first kappa shape index (κ1) is 16.4. The number of amides is 1. The van der Waals surface area contributed by atoms with Gasteiger partial charge < -0.3 is 15.0 Å². The van der Waals surface area contributed by atoms with Gasteiger partial charge in [0.25, 0.3) is 0 Å². The predicted octanol–water partition coefficient (Wildman–Crippen LogP) is 3.85. The van der Waals surface area contributed by atoms with Crippen LogP contribution in [0.3, 0.4) is 0 Å². The molecule has 0 atom stereocenters. The summed E-state index contributed by atoms with van der Waals surface area (Å²) in [5, 5.41) is 3.70. The predicted molar refractivity (Wildman–Crippen MR) is 100 cm³/mol. The molecule has 0 spiro atoms. The molecule has 2 aromatic carbocycles. The fourth-order valence-electron chi connectivity index (χ4n) is 3.43. The fourth-order valence-corrected chi connectivity index (χ4v) is 3.73. The third kappa shape index (κ3) is 3.24. The highest BCUT2D eigenvalue weighted by atomic mass is 35.5. The van der Waals surface area contributed by atoms with Gasteiger partial charge in [0.15, 0.2) is 0 Å².